The van der Waals surface area contributed by atoms with Crippen molar-refractivity contribution in [2.75, 3.05) is 0 Å². The average molecular weight is 168 g/mol. The van der Waals surface area contributed by atoms with Gasteiger partial charge in [-0.15, -0.1) is 6.58 Å². The van der Waals surface area contributed by atoms with Crippen molar-refractivity contribution in [3.63, 3.8) is 0 Å². The van der Waals surface area contributed by atoms with E-state index in [0.29, 0.717) is 5.92 Å². The largest absolute Gasteiger partial charge is 0.393 e. The molecule has 0 aromatic rings. The van der Waals surface area contributed by atoms with E-state index in [4.69, 9.17) is 0 Å². The monoisotopic (exact) mass is 168 g/mol. The summed E-state index contributed by atoms with van der Waals surface area (Å²) in [6, 6.07) is 0. The molecule has 0 bridgehead atoms. The molecule has 2 atom stereocenters. The zero-order valence-corrected chi connectivity index (χ0v) is 8.21. The normalized spacial score (nSPS) is 21.9. The summed E-state index contributed by atoms with van der Waals surface area (Å²) in [6.07, 6.45) is 4.41. The fourth-order valence-electron chi connectivity index (χ4n) is 1.59. The highest BCUT2D eigenvalue weighted by molar-refractivity contribution is 4.90. The number of hydrogen-bond acceptors (Lipinski definition) is 1. The van der Waals surface area contributed by atoms with Gasteiger partial charge in [-0.3, -0.25) is 0 Å². The Morgan fingerprint density at radius 2 is 2.17 bits per heavy atom. The summed E-state index contributed by atoms with van der Waals surface area (Å²) in [6.45, 7) is 8.03. The molecule has 1 aliphatic carbocycles. The molecule has 1 N–H and O–H groups in total. The van der Waals surface area contributed by atoms with Crippen molar-refractivity contribution < 1.29 is 5.11 Å². The summed E-state index contributed by atoms with van der Waals surface area (Å²) in [4.78, 5) is 0. The van der Waals surface area contributed by atoms with Crippen LogP contribution < -0.4 is 0 Å². The molecule has 70 valence electrons. The van der Waals surface area contributed by atoms with Crippen LogP contribution >= 0.6 is 0 Å². The van der Waals surface area contributed by atoms with Crippen LogP contribution in [0.15, 0.2) is 12.2 Å². The maximum absolute atomic E-state index is 9.74. The first-order valence-corrected chi connectivity index (χ1v) is 4.93. The zero-order chi connectivity index (χ0) is 9.14. The maximum Gasteiger partial charge on any atom is 0.0571 e. The topological polar surface area (TPSA) is 20.2 Å². The van der Waals surface area contributed by atoms with Crippen molar-refractivity contribution in [2.24, 2.45) is 11.8 Å². The van der Waals surface area contributed by atoms with Gasteiger partial charge in [-0.1, -0.05) is 12.5 Å². The number of aliphatic hydroxyl groups is 1. The molecular formula is C11H20O. The molecule has 0 heterocycles. The van der Waals surface area contributed by atoms with Crippen LogP contribution in [-0.2, 0) is 0 Å². The van der Waals surface area contributed by atoms with Gasteiger partial charge in [-0.25, -0.2) is 0 Å². The van der Waals surface area contributed by atoms with E-state index in [1.807, 2.05) is 6.92 Å². The van der Waals surface area contributed by atoms with Crippen molar-refractivity contribution in [2.45, 2.75) is 45.6 Å². The zero-order valence-electron chi connectivity index (χ0n) is 8.21. The molecular weight excluding hydrogens is 148 g/mol. The van der Waals surface area contributed by atoms with E-state index in [-0.39, 0.29) is 6.10 Å². The van der Waals surface area contributed by atoms with Gasteiger partial charge in [0.1, 0.15) is 0 Å². The lowest BCUT2D eigenvalue weighted by atomic mass is 9.94. The van der Waals surface area contributed by atoms with E-state index >= 15 is 0 Å². The summed E-state index contributed by atoms with van der Waals surface area (Å²) in [7, 11) is 0. The van der Waals surface area contributed by atoms with Crippen LogP contribution in [0.5, 0.6) is 0 Å². The third-order valence-electron chi connectivity index (χ3n) is 2.84. The Labute approximate surface area is 75.5 Å². The minimum absolute atomic E-state index is 0.103. The molecule has 0 spiro atoms. The smallest absolute Gasteiger partial charge is 0.0571 e. The molecule has 1 rings (SSSR count). The number of aliphatic hydroxyl groups excluding tert-OH is 1. The molecule has 0 saturated heterocycles. The summed E-state index contributed by atoms with van der Waals surface area (Å²) >= 11 is 0. The SMILES string of the molecule is C=C(C)CCC(O)C(C)C1CC1. The Morgan fingerprint density at radius 3 is 2.58 bits per heavy atom. The van der Waals surface area contributed by atoms with Crippen LogP contribution in [-0.4, -0.2) is 11.2 Å². The molecule has 1 saturated carbocycles. The van der Waals surface area contributed by atoms with Crippen LogP contribution in [0.2, 0.25) is 0 Å². The predicted molar refractivity (Wildman–Crippen MR) is 51.9 cm³/mol. The second kappa shape index (κ2) is 4.08. The standard InChI is InChI=1S/C11H20O/c1-8(2)4-7-11(12)9(3)10-5-6-10/h9-12H,1,4-7H2,2-3H3. The maximum atomic E-state index is 9.74. The Hall–Kier alpha value is -0.300. The van der Waals surface area contributed by atoms with Gasteiger partial charge in [0.2, 0.25) is 0 Å². The lowest BCUT2D eigenvalue weighted by molar-refractivity contribution is 0.0968. The van der Waals surface area contributed by atoms with Gasteiger partial charge in [0, 0.05) is 0 Å². The van der Waals surface area contributed by atoms with E-state index < -0.39 is 0 Å². The third-order valence-corrected chi connectivity index (χ3v) is 2.84. The molecule has 2 unspecified atom stereocenters. The van der Waals surface area contributed by atoms with Crippen LogP contribution in [0, 0.1) is 11.8 Å². The summed E-state index contributed by atoms with van der Waals surface area (Å²) < 4.78 is 0. The molecule has 12 heavy (non-hydrogen) atoms. The summed E-state index contributed by atoms with van der Waals surface area (Å²) in [5, 5.41) is 9.74. The quantitative estimate of drug-likeness (QED) is 0.626. The van der Waals surface area contributed by atoms with Crippen LogP contribution in [0.25, 0.3) is 0 Å². The molecule has 1 heteroatoms. The Bertz CT molecular complexity index is 158. The van der Waals surface area contributed by atoms with Gasteiger partial charge in [0.15, 0.2) is 0 Å². The predicted octanol–water partition coefficient (Wildman–Crippen LogP) is 2.75. The second-order valence-electron chi connectivity index (χ2n) is 4.26. The fraction of sp³-hybridized carbons (Fsp3) is 0.818. The van der Waals surface area contributed by atoms with Gasteiger partial charge in [-0.05, 0) is 44.4 Å². The van der Waals surface area contributed by atoms with Crippen molar-refractivity contribution in [3.05, 3.63) is 12.2 Å². The summed E-state index contributed by atoms with van der Waals surface area (Å²) in [5.41, 5.74) is 1.18. The number of rotatable bonds is 5. The Morgan fingerprint density at radius 1 is 1.58 bits per heavy atom. The van der Waals surface area contributed by atoms with Gasteiger partial charge >= 0.3 is 0 Å². The van der Waals surface area contributed by atoms with Gasteiger partial charge in [0.05, 0.1) is 6.10 Å². The Balaban J connectivity index is 2.17. The molecule has 1 fully saturated rings. The van der Waals surface area contributed by atoms with Crippen molar-refractivity contribution in [3.8, 4) is 0 Å². The summed E-state index contributed by atoms with van der Waals surface area (Å²) in [5.74, 6) is 1.31. The average Bonchev–Trinajstić information content (AvgIpc) is 2.80. The molecule has 0 aliphatic heterocycles. The first-order chi connectivity index (χ1) is 5.61. The van der Waals surface area contributed by atoms with E-state index in [2.05, 4.69) is 13.5 Å². The van der Waals surface area contributed by atoms with Crippen molar-refractivity contribution in [1.82, 2.24) is 0 Å². The molecule has 0 radical (unpaired) electrons. The number of allylic oxidation sites excluding steroid dienone is 1. The lowest BCUT2D eigenvalue weighted by Crippen LogP contribution is -2.19. The molecule has 0 aromatic heterocycles. The van der Waals surface area contributed by atoms with E-state index in [1.54, 1.807) is 0 Å². The first kappa shape index (κ1) is 9.79. The fourth-order valence-corrected chi connectivity index (χ4v) is 1.59. The molecule has 0 aromatic carbocycles. The molecule has 0 amide bonds. The molecule has 1 nitrogen and oxygen atoms in total. The lowest BCUT2D eigenvalue weighted by Gasteiger charge is -2.17. The highest BCUT2D eigenvalue weighted by Gasteiger charge is 2.31. The van der Waals surface area contributed by atoms with Crippen LogP contribution in [0.3, 0.4) is 0 Å². The van der Waals surface area contributed by atoms with E-state index in [1.165, 1.54) is 18.4 Å². The van der Waals surface area contributed by atoms with Gasteiger partial charge in [0.25, 0.3) is 0 Å². The first-order valence-electron chi connectivity index (χ1n) is 4.93. The highest BCUT2D eigenvalue weighted by Crippen LogP contribution is 2.39. The minimum atomic E-state index is -0.103. The van der Waals surface area contributed by atoms with Gasteiger partial charge < -0.3 is 5.11 Å². The van der Waals surface area contributed by atoms with Crippen molar-refractivity contribution in [1.29, 1.82) is 0 Å². The third kappa shape index (κ3) is 2.98. The van der Waals surface area contributed by atoms with E-state index in [0.717, 1.165) is 18.8 Å². The minimum Gasteiger partial charge on any atom is -0.393 e. The van der Waals surface area contributed by atoms with Crippen LogP contribution in [0.1, 0.15) is 39.5 Å². The van der Waals surface area contributed by atoms with Crippen LogP contribution in [0.4, 0.5) is 0 Å². The van der Waals surface area contributed by atoms with Crippen molar-refractivity contribution >= 4 is 0 Å². The number of hydrogen-bond donors (Lipinski definition) is 1. The van der Waals surface area contributed by atoms with E-state index in [9.17, 15) is 5.11 Å². The molecule has 1 aliphatic rings. The highest BCUT2D eigenvalue weighted by atomic mass is 16.3. The van der Waals surface area contributed by atoms with Gasteiger partial charge in [-0.2, -0.15) is 0 Å². The second-order valence-corrected chi connectivity index (χ2v) is 4.26. The Kier molecular flexibility index (Phi) is 3.33.